The Hall–Kier alpha value is -0.730. The van der Waals surface area contributed by atoms with Crippen LogP contribution in [0, 0.1) is 0 Å². The molecule has 0 aliphatic rings. The second-order valence-corrected chi connectivity index (χ2v) is 10.0. The van der Waals surface area contributed by atoms with Crippen LogP contribution in [0.25, 0.3) is 0 Å². The van der Waals surface area contributed by atoms with Crippen molar-refractivity contribution in [2.24, 2.45) is 0 Å². The van der Waals surface area contributed by atoms with Crippen molar-refractivity contribution in [1.29, 1.82) is 0 Å². The van der Waals surface area contributed by atoms with Gasteiger partial charge in [0.15, 0.2) is 0 Å². The molecule has 0 fully saturated rings. The molecule has 0 aliphatic heterocycles. The van der Waals surface area contributed by atoms with Crippen LogP contribution < -0.4 is 0 Å². The zero-order chi connectivity index (χ0) is 24.1. The van der Waals surface area contributed by atoms with Gasteiger partial charge in [-0.25, -0.2) is 4.79 Å². The molecule has 198 valence electrons. The van der Waals surface area contributed by atoms with Crippen molar-refractivity contribution >= 4 is 6.16 Å². The fourth-order valence-corrected chi connectivity index (χ4v) is 4.56. The van der Waals surface area contributed by atoms with E-state index in [-0.39, 0.29) is 0 Å². The Balaban J connectivity index is 3.03. The van der Waals surface area contributed by atoms with Crippen LogP contribution in [0.3, 0.4) is 0 Å². The van der Waals surface area contributed by atoms with E-state index in [1.54, 1.807) is 6.92 Å². The normalized spacial score (nSPS) is 11.1. The Morgan fingerprint density at radius 2 is 0.667 bits per heavy atom. The largest absolute Gasteiger partial charge is 0.508 e. The fraction of sp³-hybridized carbons (Fsp3) is 0.967. The molecule has 0 atom stereocenters. The highest BCUT2D eigenvalue weighted by atomic mass is 16.7. The summed E-state index contributed by atoms with van der Waals surface area (Å²) in [6, 6.07) is 0. The summed E-state index contributed by atoms with van der Waals surface area (Å²) in [6.07, 6.45) is 34.4. The smallest absolute Gasteiger partial charge is 0.435 e. The van der Waals surface area contributed by atoms with Crippen LogP contribution in [0.5, 0.6) is 0 Å². The molecule has 0 amide bonds. The van der Waals surface area contributed by atoms with Crippen LogP contribution in [0.15, 0.2) is 0 Å². The summed E-state index contributed by atoms with van der Waals surface area (Å²) in [5.74, 6) is 0. The van der Waals surface area contributed by atoms with Crippen LogP contribution in [0.1, 0.15) is 174 Å². The van der Waals surface area contributed by atoms with Gasteiger partial charge in [0.2, 0.25) is 0 Å². The lowest BCUT2D eigenvalue weighted by Gasteiger charge is -2.05. The fourth-order valence-electron chi connectivity index (χ4n) is 4.56. The third-order valence-electron chi connectivity index (χ3n) is 6.73. The lowest BCUT2D eigenvalue weighted by atomic mass is 10.0. The van der Waals surface area contributed by atoms with Gasteiger partial charge in [-0.3, -0.25) is 0 Å². The first kappa shape index (κ1) is 32.3. The third kappa shape index (κ3) is 29.2. The predicted octanol–water partition coefficient (Wildman–Crippen LogP) is 10.9. The second-order valence-electron chi connectivity index (χ2n) is 10.0. The highest BCUT2D eigenvalue weighted by Gasteiger charge is 2.01. The number of rotatable bonds is 27. The Morgan fingerprint density at radius 1 is 0.394 bits per heavy atom. The highest BCUT2D eigenvalue weighted by molar-refractivity contribution is 5.59. The minimum atomic E-state index is -0.526. The number of carbonyl (C=O) groups is 1. The molecule has 0 unspecified atom stereocenters. The monoisotopic (exact) mass is 468 g/mol. The Morgan fingerprint density at radius 3 is 0.939 bits per heavy atom. The van der Waals surface area contributed by atoms with Crippen LogP contribution in [0.4, 0.5) is 4.79 Å². The van der Waals surface area contributed by atoms with Gasteiger partial charge in [0.25, 0.3) is 0 Å². The molecule has 0 N–H and O–H groups in total. The van der Waals surface area contributed by atoms with Gasteiger partial charge in [0, 0.05) is 0 Å². The van der Waals surface area contributed by atoms with E-state index < -0.39 is 6.16 Å². The van der Waals surface area contributed by atoms with E-state index in [1.807, 2.05) is 0 Å². The minimum Gasteiger partial charge on any atom is -0.435 e. The molecule has 0 aromatic heterocycles. The second kappa shape index (κ2) is 29.3. The molecule has 33 heavy (non-hydrogen) atoms. The van der Waals surface area contributed by atoms with Crippen LogP contribution in [-0.4, -0.2) is 19.4 Å². The molecule has 3 heteroatoms. The molecule has 3 nitrogen and oxygen atoms in total. The van der Waals surface area contributed by atoms with Crippen molar-refractivity contribution in [3.63, 3.8) is 0 Å². The van der Waals surface area contributed by atoms with Gasteiger partial charge in [-0.05, 0) is 13.3 Å². The average Bonchev–Trinajstić information content (AvgIpc) is 2.81. The maximum absolute atomic E-state index is 11.0. The summed E-state index contributed by atoms with van der Waals surface area (Å²) in [7, 11) is 0. The maximum atomic E-state index is 11.0. The Kier molecular flexibility index (Phi) is 28.7. The molecule has 0 aromatic carbocycles. The Labute approximate surface area is 208 Å². The summed E-state index contributed by atoms with van der Waals surface area (Å²) in [5, 5.41) is 0. The molecule has 0 bridgehead atoms. The van der Waals surface area contributed by atoms with Crippen molar-refractivity contribution in [3.8, 4) is 0 Å². The van der Waals surface area contributed by atoms with Crippen LogP contribution in [-0.2, 0) is 9.47 Å². The summed E-state index contributed by atoms with van der Waals surface area (Å²) >= 11 is 0. The van der Waals surface area contributed by atoms with E-state index in [0.29, 0.717) is 13.2 Å². The van der Waals surface area contributed by atoms with Gasteiger partial charge in [0.1, 0.15) is 0 Å². The number of hydrogen-bond donors (Lipinski definition) is 0. The van der Waals surface area contributed by atoms with E-state index in [4.69, 9.17) is 9.47 Å². The summed E-state index contributed by atoms with van der Waals surface area (Å²) < 4.78 is 9.71. The minimum absolute atomic E-state index is 0.387. The predicted molar refractivity (Wildman–Crippen MR) is 144 cm³/mol. The molecule has 0 heterocycles. The van der Waals surface area contributed by atoms with Gasteiger partial charge >= 0.3 is 6.16 Å². The lowest BCUT2D eigenvalue weighted by Crippen LogP contribution is -2.07. The topological polar surface area (TPSA) is 35.5 Å². The van der Waals surface area contributed by atoms with Crippen molar-refractivity contribution in [2.75, 3.05) is 13.2 Å². The number of ether oxygens (including phenoxy) is 2. The third-order valence-corrected chi connectivity index (χ3v) is 6.73. The van der Waals surface area contributed by atoms with Gasteiger partial charge in [-0.15, -0.1) is 0 Å². The molecule has 0 rings (SSSR count). The van der Waals surface area contributed by atoms with Gasteiger partial charge in [-0.2, -0.15) is 0 Å². The summed E-state index contributed by atoms with van der Waals surface area (Å²) in [4.78, 5) is 11.0. The molecule has 0 aliphatic carbocycles. The average molecular weight is 469 g/mol. The molecular formula is C30H60O3. The van der Waals surface area contributed by atoms with Gasteiger partial charge in [-0.1, -0.05) is 161 Å². The van der Waals surface area contributed by atoms with Crippen LogP contribution >= 0.6 is 0 Å². The maximum Gasteiger partial charge on any atom is 0.508 e. The molecular weight excluding hydrogens is 408 g/mol. The standard InChI is InChI=1S/C30H60O3/c1-3-5-6-7-8-9-10-11-12-13-14-15-16-17-18-19-20-21-22-23-24-25-26-27-28-29-33-30(31)32-4-2/h3-29H2,1-2H3. The highest BCUT2D eigenvalue weighted by Crippen LogP contribution is 2.15. The quantitative estimate of drug-likeness (QED) is 0.0888. The van der Waals surface area contributed by atoms with Crippen molar-refractivity contribution < 1.29 is 14.3 Å². The summed E-state index contributed by atoms with van der Waals surface area (Å²) in [6.45, 7) is 4.98. The van der Waals surface area contributed by atoms with E-state index in [1.165, 1.54) is 148 Å². The Bertz CT molecular complexity index is 370. The first-order chi connectivity index (χ1) is 16.3. The molecule has 0 spiro atoms. The van der Waals surface area contributed by atoms with Crippen LogP contribution in [0.2, 0.25) is 0 Å². The van der Waals surface area contributed by atoms with Crippen molar-refractivity contribution in [2.45, 2.75) is 174 Å². The molecule has 0 radical (unpaired) electrons. The number of unbranched alkanes of at least 4 members (excludes halogenated alkanes) is 24. The zero-order valence-electron chi connectivity index (χ0n) is 22.8. The number of hydrogen-bond acceptors (Lipinski definition) is 3. The van der Waals surface area contributed by atoms with Gasteiger partial charge < -0.3 is 9.47 Å². The summed E-state index contributed by atoms with van der Waals surface area (Å²) in [5.41, 5.74) is 0. The first-order valence-corrected chi connectivity index (χ1v) is 15.1. The molecule has 0 aromatic rings. The molecule has 0 saturated carbocycles. The lowest BCUT2D eigenvalue weighted by molar-refractivity contribution is 0.0578. The van der Waals surface area contributed by atoms with E-state index >= 15 is 0 Å². The molecule has 0 saturated heterocycles. The van der Waals surface area contributed by atoms with Gasteiger partial charge in [0.05, 0.1) is 13.2 Å². The zero-order valence-corrected chi connectivity index (χ0v) is 22.8. The number of carbonyl (C=O) groups excluding carboxylic acids is 1. The van der Waals surface area contributed by atoms with Crippen molar-refractivity contribution in [1.82, 2.24) is 0 Å². The first-order valence-electron chi connectivity index (χ1n) is 15.1. The van der Waals surface area contributed by atoms with Crippen molar-refractivity contribution in [3.05, 3.63) is 0 Å². The SMILES string of the molecule is CCCCCCCCCCCCCCCCCCCCCCCCCCCOC(=O)OCC. The van der Waals surface area contributed by atoms with E-state index in [2.05, 4.69) is 6.92 Å². The van der Waals surface area contributed by atoms with E-state index in [9.17, 15) is 4.79 Å². The van der Waals surface area contributed by atoms with E-state index in [0.717, 1.165) is 12.8 Å².